The maximum atomic E-state index is 6.48. The molecule has 0 aliphatic carbocycles. The molecule has 0 spiro atoms. The molecular formula is C58H38N2O. The molecule has 3 heteroatoms. The van der Waals surface area contributed by atoms with Crippen molar-refractivity contribution in [3.63, 3.8) is 0 Å². The minimum atomic E-state index is 0.900. The first kappa shape index (κ1) is 34.9. The summed E-state index contributed by atoms with van der Waals surface area (Å²) in [5.41, 5.74) is 15.3. The van der Waals surface area contributed by atoms with E-state index >= 15 is 0 Å². The average molecular weight is 779 g/mol. The Morgan fingerprint density at radius 1 is 0.344 bits per heavy atom. The van der Waals surface area contributed by atoms with Gasteiger partial charge >= 0.3 is 0 Å². The van der Waals surface area contributed by atoms with Crippen molar-refractivity contribution >= 4 is 71.6 Å². The van der Waals surface area contributed by atoms with Gasteiger partial charge in [-0.1, -0.05) is 164 Å². The number of furan rings is 1. The lowest BCUT2D eigenvalue weighted by molar-refractivity contribution is 0.670. The highest BCUT2D eigenvalue weighted by atomic mass is 16.3. The minimum Gasteiger partial charge on any atom is -0.455 e. The first-order chi connectivity index (χ1) is 30.2. The molecule has 0 bridgehead atoms. The maximum absolute atomic E-state index is 6.48. The van der Waals surface area contributed by atoms with Crippen LogP contribution < -0.4 is 4.90 Å². The Morgan fingerprint density at radius 3 is 1.66 bits per heavy atom. The van der Waals surface area contributed by atoms with E-state index in [1.807, 2.05) is 12.1 Å². The van der Waals surface area contributed by atoms with Crippen LogP contribution in [0.4, 0.5) is 17.1 Å². The molecule has 61 heavy (non-hydrogen) atoms. The summed E-state index contributed by atoms with van der Waals surface area (Å²) >= 11 is 0. The predicted molar refractivity (Wildman–Crippen MR) is 257 cm³/mol. The normalized spacial score (nSPS) is 11.6. The van der Waals surface area contributed by atoms with Crippen LogP contribution in [0.5, 0.6) is 0 Å². The van der Waals surface area contributed by atoms with Gasteiger partial charge in [-0.15, -0.1) is 0 Å². The molecule has 2 aromatic heterocycles. The van der Waals surface area contributed by atoms with Crippen LogP contribution >= 0.6 is 0 Å². The van der Waals surface area contributed by atoms with Crippen molar-refractivity contribution in [2.75, 3.05) is 4.90 Å². The summed E-state index contributed by atoms with van der Waals surface area (Å²) in [7, 11) is 0. The van der Waals surface area contributed by atoms with Crippen molar-refractivity contribution in [2.24, 2.45) is 0 Å². The first-order valence-electron chi connectivity index (χ1n) is 20.8. The van der Waals surface area contributed by atoms with E-state index in [4.69, 9.17) is 4.42 Å². The fraction of sp³-hybridized carbons (Fsp3) is 0. The Balaban J connectivity index is 1.05. The standard InChI is InChI=1S/C58H38N2O/c1-2-14-40(15-3-1)48-36-29-44(43-26-25-39-13-4-5-16-42(39)37-43)38-56(48)59(45-30-27-41(28-31-45)49-20-12-21-53-52-19-8-11-24-57(52)61-58(49)53)46-32-34-47(35-33-46)60-54-22-9-6-17-50(54)51-18-7-10-23-55(51)60/h1-38H. The summed E-state index contributed by atoms with van der Waals surface area (Å²) in [4.78, 5) is 2.41. The van der Waals surface area contributed by atoms with Gasteiger partial charge in [-0.2, -0.15) is 0 Å². The number of para-hydroxylation sites is 4. The largest absolute Gasteiger partial charge is 0.455 e. The Hall–Kier alpha value is -8.14. The average Bonchev–Trinajstić information content (AvgIpc) is 3.88. The second-order valence-corrected chi connectivity index (χ2v) is 15.7. The molecule has 12 rings (SSSR count). The summed E-state index contributed by atoms with van der Waals surface area (Å²) in [5.74, 6) is 0. The van der Waals surface area contributed by atoms with Crippen LogP contribution in [0.15, 0.2) is 235 Å². The zero-order valence-electron chi connectivity index (χ0n) is 33.2. The molecular weight excluding hydrogens is 741 g/mol. The highest BCUT2D eigenvalue weighted by Crippen LogP contribution is 2.45. The van der Waals surface area contributed by atoms with E-state index in [-0.39, 0.29) is 0 Å². The molecule has 0 radical (unpaired) electrons. The van der Waals surface area contributed by atoms with Crippen molar-refractivity contribution in [3.05, 3.63) is 231 Å². The van der Waals surface area contributed by atoms with Crippen molar-refractivity contribution in [1.82, 2.24) is 4.57 Å². The van der Waals surface area contributed by atoms with Crippen molar-refractivity contribution in [2.45, 2.75) is 0 Å². The number of hydrogen-bond donors (Lipinski definition) is 0. The lowest BCUT2D eigenvalue weighted by Gasteiger charge is -2.29. The first-order valence-corrected chi connectivity index (χ1v) is 20.8. The van der Waals surface area contributed by atoms with Gasteiger partial charge < -0.3 is 13.9 Å². The quantitative estimate of drug-likeness (QED) is 0.161. The molecule has 2 heterocycles. The van der Waals surface area contributed by atoms with E-state index in [2.05, 4.69) is 228 Å². The molecule has 0 unspecified atom stereocenters. The highest BCUT2D eigenvalue weighted by molar-refractivity contribution is 6.10. The van der Waals surface area contributed by atoms with Crippen molar-refractivity contribution in [3.8, 4) is 39.1 Å². The lowest BCUT2D eigenvalue weighted by atomic mass is 9.95. The zero-order chi connectivity index (χ0) is 40.3. The Labute approximate surface area is 353 Å². The number of nitrogens with zero attached hydrogens (tertiary/aromatic N) is 2. The predicted octanol–water partition coefficient (Wildman–Crippen LogP) is 16.3. The molecule has 286 valence electrons. The van der Waals surface area contributed by atoms with Gasteiger partial charge in [-0.25, -0.2) is 0 Å². The van der Waals surface area contributed by atoms with Crippen molar-refractivity contribution in [1.29, 1.82) is 0 Å². The summed E-state index contributed by atoms with van der Waals surface area (Å²) in [6, 6.07) is 83.0. The molecule has 0 fully saturated rings. The Morgan fingerprint density at radius 2 is 0.902 bits per heavy atom. The van der Waals surface area contributed by atoms with Gasteiger partial charge in [0.25, 0.3) is 0 Å². The molecule has 10 aromatic carbocycles. The number of anilines is 3. The third-order valence-electron chi connectivity index (χ3n) is 12.2. The van der Waals surface area contributed by atoms with Gasteiger partial charge in [-0.3, -0.25) is 0 Å². The van der Waals surface area contributed by atoms with Crippen LogP contribution in [0.2, 0.25) is 0 Å². The molecule has 0 saturated heterocycles. The van der Waals surface area contributed by atoms with E-state index in [1.54, 1.807) is 0 Å². The Bertz CT molecular complexity index is 3520. The van der Waals surface area contributed by atoms with Gasteiger partial charge in [0.05, 0.1) is 16.7 Å². The number of fused-ring (bicyclic) bond motifs is 7. The topological polar surface area (TPSA) is 21.3 Å². The van der Waals surface area contributed by atoms with Gasteiger partial charge in [0.1, 0.15) is 11.2 Å². The number of benzene rings is 10. The van der Waals surface area contributed by atoms with Crippen molar-refractivity contribution < 1.29 is 4.42 Å². The molecule has 12 aromatic rings. The summed E-state index contributed by atoms with van der Waals surface area (Å²) < 4.78 is 8.86. The zero-order valence-corrected chi connectivity index (χ0v) is 33.2. The monoisotopic (exact) mass is 778 g/mol. The van der Waals surface area contributed by atoms with Crippen LogP contribution in [0.3, 0.4) is 0 Å². The van der Waals surface area contributed by atoms with E-state index in [9.17, 15) is 0 Å². The van der Waals surface area contributed by atoms with Gasteiger partial charge in [0.2, 0.25) is 0 Å². The summed E-state index contributed by atoms with van der Waals surface area (Å²) in [5, 5.41) is 7.21. The van der Waals surface area contributed by atoms with Crippen LogP contribution in [-0.2, 0) is 0 Å². The van der Waals surface area contributed by atoms with E-state index < -0.39 is 0 Å². The van der Waals surface area contributed by atoms with Gasteiger partial charge in [-0.05, 0) is 99.8 Å². The molecule has 0 aliphatic rings. The second-order valence-electron chi connectivity index (χ2n) is 15.7. The third kappa shape index (κ3) is 5.90. The minimum absolute atomic E-state index is 0.900. The fourth-order valence-electron chi connectivity index (χ4n) is 9.27. The third-order valence-corrected chi connectivity index (χ3v) is 12.2. The smallest absolute Gasteiger partial charge is 0.143 e. The SMILES string of the molecule is c1ccc(-c2ccc(-c3ccc4ccccc4c3)cc2N(c2ccc(-c3cccc4c3oc3ccccc34)cc2)c2ccc(-n3c4ccccc4c4ccccc43)cc2)cc1. The molecule has 0 atom stereocenters. The van der Waals surface area contributed by atoms with Crippen LogP contribution in [-0.4, -0.2) is 4.57 Å². The fourth-order valence-corrected chi connectivity index (χ4v) is 9.27. The van der Waals surface area contributed by atoms with Gasteiger partial charge in [0, 0.05) is 49.7 Å². The number of rotatable bonds is 7. The van der Waals surface area contributed by atoms with Gasteiger partial charge in [0.15, 0.2) is 0 Å². The molecule has 0 amide bonds. The van der Waals surface area contributed by atoms with E-state index in [0.29, 0.717) is 0 Å². The summed E-state index contributed by atoms with van der Waals surface area (Å²) in [6.07, 6.45) is 0. The second kappa shape index (κ2) is 14.3. The number of aromatic nitrogens is 1. The number of hydrogen-bond acceptors (Lipinski definition) is 2. The maximum Gasteiger partial charge on any atom is 0.143 e. The van der Waals surface area contributed by atoms with Crippen LogP contribution in [0.1, 0.15) is 0 Å². The lowest BCUT2D eigenvalue weighted by Crippen LogP contribution is -2.11. The van der Waals surface area contributed by atoms with Crippen LogP contribution in [0, 0.1) is 0 Å². The summed E-state index contributed by atoms with van der Waals surface area (Å²) in [6.45, 7) is 0. The van der Waals surface area contributed by atoms with E-state index in [1.165, 1.54) is 38.1 Å². The van der Waals surface area contributed by atoms with E-state index in [0.717, 1.165) is 72.5 Å². The van der Waals surface area contributed by atoms with Crippen LogP contribution in [0.25, 0.3) is 93.6 Å². The Kier molecular flexibility index (Phi) is 8.17. The molecule has 0 aliphatic heterocycles. The molecule has 3 nitrogen and oxygen atoms in total. The molecule has 0 N–H and O–H groups in total. The molecule has 0 saturated carbocycles. The highest BCUT2D eigenvalue weighted by Gasteiger charge is 2.21.